The number of aromatic amines is 1. The number of pyridine rings is 1. The van der Waals surface area contributed by atoms with Crippen molar-refractivity contribution in [3.05, 3.63) is 23.7 Å². The summed E-state index contributed by atoms with van der Waals surface area (Å²) in [6.45, 7) is 7.84. The average molecular weight is 415 g/mol. The van der Waals surface area contributed by atoms with E-state index in [2.05, 4.69) is 9.97 Å². The molecule has 2 fully saturated rings. The van der Waals surface area contributed by atoms with E-state index in [-0.39, 0.29) is 36.5 Å². The Balaban J connectivity index is 1.48. The van der Waals surface area contributed by atoms with E-state index in [4.69, 9.17) is 14.5 Å². The van der Waals surface area contributed by atoms with E-state index in [1.165, 1.54) is 0 Å². The molecule has 2 atom stereocenters. The number of amides is 1. The number of imidazole rings is 1. The molecule has 2 saturated heterocycles. The van der Waals surface area contributed by atoms with Crippen LogP contribution >= 0.6 is 0 Å². The van der Waals surface area contributed by atoms with Gasteiger partial charge in [-0.1, -0.05) is 0 Å². The molecule has 0 aliphatic carbocycles. The van der Waals surface area contributed by atoms with Gasteiger partial charge in [-0.25, -0.2) is 14.8 Å². The number of nitrogens with zero attached hydrogens (tertiary/aromatic N) is 3. The maximum Gasteiger partial charge on any atom is 0.410 e. The minimum Gasteiger partial charge on any atom is -0.466 e. The first-order chi connectivity index (χ1) is 14.2. The zero-order valence-electron chi connectivity index (χ0n) is 18.1. The summed E-state index contributed by atoms with van der Waals surface area (Å²) >= 11 is 0. The Morgan fingerprint density at radius 2 is 1.87 bits per heavy atom. The minimum atomic E-state index is -0.485. The highest BCUT2D eigenvalue weighted by molar-refractivity contribution is 5.75. The fourth-order valence-electron chi connectivity index (χ4n) is 4.65. The van der Waals surface area contributed by atoms with Crippen molar-refractivity contribution in [3.8, 4) is 0 Å². The first-order valence-electron chi connectivity index (χ1n) is 10.8. The van der Waals surface area contributed by atoms with E-state index in [1.807, 2.05) is 37.8 Å². The third-order valence-electron chi connectivity index (χ3n) is 5.79. The fraction of sp³-hybridized carbons (Fsp3) is 0.636. The smallest absolute Gasteiger partial charge is 0.410 e. The highest BCUT2D eigenvalue weighted by Gasteiger charge is 2.45. The highest BCUT2D eigenvalue weighted by atomic mass is 16.6. The largest absolute Gasteiger partial charge is 0.466 e. The van der Waals surface area contributed by atoms with Crippen LogP contribution in [0.1, 0.15) is 70.8 Å². The Bertz CT molecular complexity index is 934. The second-order valence-corrected chi connectivity index (χ2v) is 9.21. The number of carbonyl (C=O) groups excluding carboxylic acids is 2. The number of rotatable bonds is 4. The van der Waals surface area contributed by atoms with Crippen molar-refractivity contribution in [3.63, 3.8) is 0 Å². The summed E-state index contributed by atoms with van der Waals surface area (Å²) in [5, 5.41) is 0. The molecule has 0 spiro atoms. The van der Waals surface area contributed by atoms with Crippen molar-refractivity contribution in [1.82, 2.24) is 19.9 Å². The van der Waals surface area contributed by atoms with Gasteiger partial charge < -0.3 is 19.4 Å². The SMILES string of the molecule is CCOC(=O)Cc1nc2nc(C3CC4CCC(C3)N4C(=O)OC(C)(C)C)ccc2[nH]1. The van der Waals surface area contributed by atoms with Gasteiger partial charge in [-0.2, -0.15) is 0 Å². The molecule has 0 radical (unpaired) electrons. The van der Waals surface area contributed by atoms with Crippen molar-refractivity contribution in [2.75, 3.05) is 6.61 Å². The number of esters is 1. The molecule has 2 aliphatic heterocycles. The van der Waals surface area contributed by atoms with Crippen LogP contribution < -0.4 is 0 Å². The number of piperidine rings is 1. The summed E-state index contributed by atoms with van der Waals surface area (Å²) in [5.41, 5.74) is 1.94. The lowest BCUT2D eigenvalue weighted by molar-refractivity contribution is -0.142. The maximum atomic E-state index is 12.7. The van der Waals surface area contributed by atoms with Crippen molar-refractivity contribution in [1.29, 1.82) is 0 Å². The Morgan fingerprint density at radius 1 is 1.17 bits per heavy atom. The van der Waals surface area contributed by atoms with Gasteiger partial charge in [0.15, 0.2) is 5.65 Å². The summed E-state index contributed by atoms with van der Waals surface area (Å²) in [4.78, 5) is 38.7. The molecular weight excluding hydrogens is 384 g/mol. The third-order valence-corrected chi connectivity index (χ3v) is 5.79. The molecule has 8 nitrogen and oxygen atoms in total. The summed E-state index contributed by atoms with van der Waals surface area (Å²) in [6, 6.07) is 4.39. The molecular formula is C22H30N4O4. The van der Waals surface area contributed by atoms with E-state index >= 15 is 0 Å². The lowest BCUT2D eigenvalue weighted by atomic mass is 9.88. The third kappa shape index (κ3) is 4.27. The predicted molar refractivity (Wildman–Crippen MR) is 111 cm³/mol. The first kappa shape index (κ1) is 20.6. The number of aromatic nitrogens is 3. The van der Waals surface area contributed by atoms with E-state index in [0.717, 1.165) is 36.9 Å². The maximum absolute atomic E-state index is 12.7. The number of fused-ring (bicyclic) bond motifs is 3. The number of carbonyl (C=O) groups is 2. The highest BCUT2D eigenvalue weighted by Crippen LogP contribution is 2.43. The van der Waals surface area contributed by atoms with Gasteiger partial charge in [0.2, 0.25) is 0 Å². The van der Waals surface area contributed by atoms with Crippen molar-refractivity contribution < 1.29 is 19.1 Å². The van der Waals surface area contributed by atoms with Gasteiger partial charge in [-0.05, 0) is 65.5 Å². The van der Waals surface area contributed by atoms with Gasteiger partial charge in [0.05, 0.1) is 12.1 Å². The van der Waals surface area contributed by atoms with E-state index in [1.54, 1.807) is 6.92 Å². The van der Waals surface area contributed by atoms with Gasteiger partial charge in [-0.15, -0.1) is 0 Å². The molecule has 2 bridgehead atoms. The fourth-order valence-corrected chi connectivity index (χ4v) is 4.65. The van der Waals surface area contributed by atoms with Crippen LogP contribution in [0.5, 0.6) is 0 Å². The minimum absolute atomic E-state index is 0.109. The Labute approximate surface area is 176 Å². The van der Waals surface area contributed by atoms with Gasteiger partial charge >= 0.3 is 12.1 Å². The Kier molecular flexibility index (Phi) is 5.42. The van der Waals surface area contributed by atoms with Crippen LogP contribution in [0.4, 0.5) is 4.79 Å². The second kappa shape index (κ2) is 7.89. The molecule has 0 saturated carbocycles. The molecule has 162 valence electrons. The van der Waals surface area contributed by atoms with Crippen LogP contribution in [0, 0.1) is 0 Å². The number of nitrogens with one attached hydrogen (secondary N) is 1. The quantitative estimate of drug-likeness (QED) is 0.766. The molecule has 4 rings (SSSR count). The number of H-pyrrole nitrogens is 1. The predicted octanol–water partition coefficient (Wildman–Crippen LogP) is 3.71. The van der Waals surface area contributed by atoms with Crippen LogP contribution in [0.3, 0.4) is 0 Å². The van der Waals surface area contributed by atoms with Crippen LogP contribution in [0.15, 0.2) is 12.1 Å². The lowest BCUT2D eigenvalue weighted by Gasteiger charge is -2.39. The molecule has 4 heterocycles. The van der Waals surface area contributed by atoms with Crippen LogP contribution in [-0.2, 0) is 20.7 Å². The Morgan fingerprint density at radius 3 is 2.50 bits per heavy atom. The Hall–Kier alpha value is -2.64. The topological polar surface area (TPSA) is 97.4 Å². The van der Waals surface area contributed by atoms with Gasteiger partial charge in [0.1, 0.15) is 17.8 Å². The second-order valence-electron chi connectivity index (χ2n) is 9.21. The summed E-state index contributed by atoms with van der Waals surface area (Å²) < 4.78 is 10.6. The van der Waals surface area contributed by atoms with Gasteiger partial charge in [0.25, 0.3) is 0 Å². The van der Waals surface area contributed by atoms with E-state index in [9.17, 15) is 9.59 Å². The molecule has 8 heteroatoms. The van der Waals surface area contributed by atoms with Crippen molar-refractivity contribution in [2.45, 2.75) is 83.4 Å². The first-order valence-corrected chi connectivity index (χ1v) is 10.8. The molecule has 2 aromatic rings. The number of hydrogen-bond acceptors (Lipinski definition) is 6. The average Bonchev–Trinajstić information content (AvgIpc) is 3.17. The standard InChI is InChI=1S/C22H30N4O4/c1-5-29-19(27)12-18-23-17-9-8-16(24-20(17)25-18)13-10-14-6-7-15(11-13)26(14)21(28)30-22(2,3)4/h8-9,13-15H,5-7,10-12H2,1-4H3,(H,23,24,25). The van der Waals surface area contributed by atoms with Crippen LogP contribution in [0.25, 0.3) is 11.2 Å². The summed E-state index contributed by atoms with van der Waals surface area (Å²) in [7, 11) is 0. The van der Waals surface area contributed by atoms with Crippen molar-refractivity contribution in [2.24, 2.45) is 0 Å². The zero-order valence-corrected chi connectivity index (χ0v) is 18.1. The molecule has 30 heavy (non-hydrogen) atoms. The van der Waals surface area contributed by atoms with E-state index in [0.29, 0.717) is 18.1 Å². The summed E-state index contributed by atoms with van der Waals surface area (Å²) in [6.07, 6.45) is 3.69. The number of hydrogen-bond donors (Lipinski definition) is 1. The molecule has 2 unspecified atom stereocenters. The summed E-state index contributed by atoms with van der Waals surface area (Å²) in [5.74, 6) is 0.548. The number of ether oxygens (including phenoxy) is 2. The van der Waals surface area contributed by atoms with E-state index < -0.39 is 5.60 Å². The molecule has 2 aromatic heterocycles. The molecule has 2 aliphatic rings. The molecule has 0 aromatic carbocycles. The lowest BCUT2D eigenvalue weighted by Crippen LogP contribution is -2.48. The van der Waals surface area contributed by atoms with Crippen LogP contribution in [0.2, 0.25) is 0 Å². The zero-order chi connectivity index (χ0) is 21.5. The normalized spacial score (nSPS) is 23.6. The van der Waals surface area contributed by atoms with Crippen molar-refractivity contribution >= 4 is 23.2 Å². The van der Waals surface area contributed by atoms with Crippen LogP contribution in [-0.4, -0.2) is 56.2 Å². The van der Waals surface area contributed by atoms with Gasteiger partial charge in [0, 0.05) is 23.7 Å². The van der Waals surface area contributed by atoms with Gasteiger partial charge in [-0.3, -0.25) is 4.79 Å². The monoisotopic (exact) mass is 414 g/mol. The molecule has 1 N–H and O–H groups in total. The molecule has 1 amide bonds.